The molecule has 0 heterocycles. The first-order valence-corrected chi connectivity index (χ1v) is 16.3. The van der Waals surface area contributed by atoms with Crippen molar-refractivity contribution in [3.63, 3.8) is 0 Å². The van der Waals surface area contributed by atoms with Crippen molar-refractivity contribution in [3.8, 4) is 17.2 Å². The van der Waals surface area contributed by atoms with Gasteiger partial charge in [-0.05, 0) is 79.1 Å². The van der Waals surface area contributed by atoms with Gasteiger partial charge in [-0.2, -0.15) is 0 Å². The van der Waals surface area contributed by atoms with Crippen molar-refractivity contribution in [1.29, 1.82) is 0 Å². The van der Waals surface area contributed by atoms with Crippen LogP contribution in [0, 0.1) is 0 Å². The average Bonchev–Trinajstić information content (AvgIpc) is 3.07. The normalized spacial score (nSPS) is 11.7. The molecule has 0 unspecified atom stereocenters. The van der Waals surface area contributed by atoms with E-state index in [1.807, 2.05) is 56.3 Å². The molecule has 0 spiro atoms. The lowest BCUT2D eigenvalue weighted by molar-refractivity contribution is -0.140. The monoisotopic (exact) mass is 629 g/mol. The Morgan fingerprint density at radius 1 is 0.778 bits per heavy atom. The predicted molar refractivity (Wildman–Crippen MR) is 175 cm³/mol. The van der Waals surface area contributed by atoms with Crippen LogP contribution in [-0.4, -0.2) is 51.4 Å². The van der Waals surface area contributed by atoms with Crippen LogP contribution in [0.4, 0.5) is 5.69 Å². The van der Waals surface area contributed by atoms with Crippen molar-refractivity contribution in [2.75, 3.05) is 24.5 Å². The van der Waals surface area contributed by atoms with Crippen molar-refractivity contribution < 1.29 is 27.5 Å². The molecule has 0 saturated heterocycles. The molecule has 1 N–H and O–H groups in total. The molecule has 4 aromatic rings. The number of amides is 2. The molecule has 0 aliphatic rings. The van der Waals surface area contributed by atoms with Crippen LogP contribution in [0.3, 0.4) is 0 Å². The molecule has 0 aliphatic carbocycles. The second kappa shape index (κ2) is 15.8. The maximum atomic E-state index is 14.2. The molecule has 4 rings (SSSR count). The lowest BCUT2D eigenvalue weighted by atomic mass is 10.1. The van der Waals surface area contributed by atoms with E-state index in [9.17, 15) is 18.0 Å². The molecule has 1 atom stereocenters. The minimum atomic E-state index is -4.18. The van der Waals surface area contributed by atoms with Gasteiger partial charge in [0.2, 0.25) is 11.8 Å². The maximum absolute atomic E-state index is 14.2. The minimum Gasteiger partial charge on any atom is -0.497 e. The summed E-state index contributed by atoms with van der Waals surface area (Å²) in [6.07, 6.45) is 1.08. The third-order valence-electron chi connectivity index (χ3n) is 7.16. The molecule has 0 bridgehead atoms. The minimum absolute atomic E-state index is 0.0387. The third kappa shape index (κ3) is 8.63. The van der Waals surface area contributed by atoms with Gasteiger partial charge < -0.3 is 19.7 Å². The number of hydrogen-bond donors (Lipinski definition) is 1. The Hall–Kier alpha value is -4.83. The second-order valence-electron chi connectivity index (χ2n) is 10.3. The van der Waals surface area contributed by atoms with E-state index in [-0.39, 0.29) is 23.0 Å². The number of carbonyl (C=O) groups excluding carboxylic acids is 2. The van der Waals surface area contributed by atoms with Crippen LogP contribution >= 0.6 is 0 Å². The zero-order valence-electron chi connectivity index (χ0n) is 25.8. The van der Waals surface area contributed by atoms with Gasteiger partial charge in [0.1, 0.15) is 29.8 Å². The highest BCUT2D eigenvalue weighted by Gasteiger charge is 2.33. The van der Waals surface area contributed by atoms with Crippen LogP contribution in [0.2, 0.25) is 0 Å². The van der Waals surface area contributed by atoms with Crippen molar-refractivity contribution in [2.24, 2.45) is 0 Å². The van der Waals surface area contributed by atoms with Gasteiger partial charge in [-0.1, -0.05) is 62.4 Å². The van der Waals surface area contributed by atoms with Crippen LogP contribution in [0.5, 0.6) is 17.2 Å². The molecular formula is C35H39N3O6S. The van der Waals surface area contributed by atoms with Crippen LogP contribution in [0.25, 0.3) is 0 Å². The number of nitrogens with zero attached hydrogens (tertiary/aromatic N) is 2. The van der Waals surface area contributed by atoms with E-state index < -0.39 is 28.5 Å². The van der Waals surface area contributed by atoms with Gasteiger partial charge >= 0.3 is 0 Å². The molecule has 2 amide bonds. The van der Waals surface area contributed by atoms with Crippen molar-refractivity contribution >= 4 is 27.5 Å². The summed E-state index contributed by atoms with van der Waals surface area (Å²) in [6, 6.07) is 30.1. The topological polar surface area (TPSA) is 105 Å². The summed E-state index contributed by atoms with van der Waals surface area (Å²) < 4.78 is 40.3. The summed E-state index contributed by atoms with van der Waals surface area (Å²) in [6.45, 7) is 3.82. The SMILES string of the molecule is CCCNC(=O)[C@H](CC)N(Cc1ccc(OC)cc1)C(=O)CN(c1ccc(Oc2ccccc2)cc1)S(=O)(=O)c1ccccc1. The molecule has 4 aromatic carbocycles. The van der Waals surface area contributed by atoms with E-state index in [4.69, 9.17) is 9.47 Å². The maximum Gasteiger partial charge on any atom is 0.264 e. The van der Waals surface area contributed by atoms with Gasteiger partial charge in [0, 0.05) is 13.1 Å². The van der Waals surface area contributed by atoms with Gasteiger partial charge in [0.05, 0.1) is 17.7 Å². The predicted octanol–water partition coefficient (Wildman–Crippen LogP) is 6.02. The summed E-state index contributed by atoms with van der Waals surface area (Å²) in [4.78, 5) is 29.0. The molecule has 0 radical (unpaired) electrons. The second-order valence-corrected chi connectivity index (χ2v) is 12.2. The lowest BCUT2D eigenvalue weighted by Crippen LogP contribution is -2.52. The third-order valence-corrected chi connectivity index (χ3v) is 8.95. The van der Waals surface area contributed by atoms with Crippen LogP contribution in [0.15, 0.2) is 114 Å². The highest BCUT2D eigenvalue weighted by molar-refractivity contribution is 7.92. The summed E-state index contributed by atoms with van der Waals surface area (Å²) in [5.74, 6) is 0.988. The molecule has 0 aromatic heterocycles. The van der Waals surface area contributed by atoms with Gasteiger partial charge in [-0.3, -0.25) is 13.9 Å². The zero-order valence-corrected chi connectivity index (χ0v) is 26.6. The fourth-order valence-corrected chi connectivity index (χ4v) is 6.20. The fourth-order valence-electron chi connectivity index (χ4n) is 4.77. The summed E-state index contributed by atoms with van der Waals surface area (Å²) in [7, 11) is -2.61. The molecule has 236 valence electrons. The van der Waals surface area contributed by atoms with Gasteiger partial charge in [-0.15, -0.1) is 0 Å². The van der Waals surface area contributed by atoms with E-state index >= 15 is 0 Å². The number of sulfonamides is 1. The largest absolute Gasteiger partial charge is 0.497 e. The Labute approximate surface area is 265 Å². The number of carbonyl (C=O) groups is 2. The number of para-hydroxylation sites is 1. The Morgan fingerprint density at radius 2 is 1.36 bits per heavy atom. The Bertz CT molecular complexity index is 1630. The molecular weight excluding hydrogens is 590 g/mol. The molecule has 45 heavy (non-hydrogen) atoms. The first-order valence-electron chi connectivity index (χ1n) is 14.9. The first kappa shape index (κ1) is 33.1. The average molecular weight is 630 g/mol. The van der Waals surface area contributed by atoms with E-state index in [1.54, 1.807) is 61.7 Å². The van der Waals surface area contributed by atoms with Gasteiger partial charge in [0.25, 0.3) is 10.0 Å². The van der Waals surface area contributed by atoms with Crippen LogP contribution < -0.4 is 19.1 Å². The Kier molecular flexibility index (Phi) is 11.6. The number of anilines is 1. The van der Waals surface area contributed by atoms with E-state index in [2.05, 4.69) is 5.32 Å². The highest BCUT2D eigenvalue weighted by atomic mass is 32.2. The van der Waals surface area contributed by atoms with E-state index in [1.165, 1.54) is 17.0 Å². The molecule has 0 fully saturated rings. The number of ether oxygens (including phenoxy) is 2. The van der Waals surface area contributed by atoms with Crippen LogP contribution in [-0.2, 0) is 26.2 Å². The number of rotatable bonds is 15. The van der Waals surface area contributed by atoms with Gasteiger partial charge in [0.15, 0.2) is 0 Å². The van der Waals surface area contributed by atoms with Crippen molar-refractivity contribution in [2.45, 2.75) is 44.2 Å². The summed E-state index contributed by atoms with van der Waals surface area (Å²) >= 11 is 0. The van der Waals surface area contributed by atoms with Gasteiger partial charge in [-0.25, -0.2) is 8.42 Å². The van der Waals surface area contributed by atoms with Crippen molar-refractivity contribution in [3.05, 3.63) is 115 Å². The first-order chi connectivity index (χ1) is 21.8. The quantitative estimate of drug-likeness (QED) is 0.173. The Balaban J connectivity index is 1.70. The Morgan fingerprint density at radius 3 is 1.93 bits per heavy atom. The number of hydrogen-bond acceptors (Lipinski definition) is 6. The lowest BCUT2D eigenvalue weighted by Gasteiger charge is -2.33. The number of methoxy groups -OCH3 is 1. The molecule has 0 saturated carbocycles. The highest BCUT2D eigenvalue weighted by Crippen LogP contribution is 2.29. The number of benzene rings is 4. The molecule has 10 heteroatoms. The fraction of sp³-hybridized carbons (Fsp3) is 0.257. The van der Waals surface area contributed by atoms with Crippen LogP contribution in [0.1, 0.15) is 32.3 Å². The van der Waals surface area contributed by atoms with E-state index in [0.717, 1.165) is 16.3 Å². The van der Waals surface area contributed by atoms with Crippen molar-refractivity contribution in [1.82, 2.24) is 10.2 Å². The smallest absolute Gasteiger partial charge is 0.264 e. The standard InChI is InChI=1S/C35H39N3O6S/c1-4-24-36-35(40)33(5-2)37(25-27-16-20-29(43-3)21-17-27)34(39)26-38(45(41,42)32-14-10-7-11-15-32)28-18-22-31(23-19-28)44-30-12-8-6-9-13-30/h6-23,33H,4-5,24-26H2,1-3H3,(H,36,40)/t33-/m0/s1. The summed E-state index contributed by atoms with van der Waals surface area (Å²) in [5.41, 5.74) is 1.05. The van der Waals surface area contributed by atoms with E-state index in [0.29, 0.717) is 30.2 Å². The summed E-state index contributed by atoms with van der Waals surface area (Å²) in [5, 5.41) is 2.89. The molecule has 9 nitrogen and oxygen atoms in total. The number of nitrogens with one attached hydrogen (secondary N) is 1. The zero-order chi connectivity index (χ0) is 32.2. The molecule has 0 aliphatic heterocycles.